The summed E-state index contributed by atoms with van der Waals surface area (Å²) in [6.07, 6.45) is 1.85. The van der Waals surface area contributed by atoms with Crippen molar-refractivity contribution in [3.8, 4) is 0 Å². The van der Waals surface area contributed by atoms with E-state index in [1.807, 2.05) is 12.3 Å². The lowest BCUT2D eigenvalue weighted by atomic mass is 10.4. The Morgan fingerprint density at radius 1 is 1.57 bits per heavy atom. The molecule has 2 aromatic rings. The smallest absolute Gasteiger partial charge is 0.319 e. The van der Waals surface area contributed by atoms with Crippen LogP contribution in [-0.2, 0) is 16.6 Å². The quantitative estimate of drug-likeness (QED) is 0.353. The van der Waals surface area contributed by atoms with Crippen LogP contribution in [0.1, 0.15) is 26.7 Å². The number of hydrogen-bond donors (Lipinski definition) is 0. The molecule has 7 heteroatoms. The summed E-state index contributed by atoms with van der Waals surface area (Å²) in [5, 5.41) is 2.60. The van der Waals surface area contributed by atoms with E-state index < -0.39 is 5.25 Å². The van der Waals surface area contributed by atoms with E-state index in [4.69, 9.17) is 4.74 Å². The average Bonchev–Trinajstić information content (AvgIpc) is 2.92. The van der Waals surface area contributed by atoms with Crippen molar-refractivity contribution in [1.29, 1.82) is 0 Å². The lowest BCUT2D eigenvalue weighted by molar-refractivity contribution is -0.142. The van der Waals surface area contributed by atoms with Gasteiger partial charge < -0.3 is 4.74 Å². The first-order valence-corrected chi connectivity index (χ1v) is 8.58. The van der Waals surface area contributed by atoms with Crippen LogP contribution >= 0.6 is 23.1 Å². The molecular weight excluding hydrogens is 308 g/mol. The van der Waals surface area contributed by atoms with Gasteiger partial charge in [0.2, 0.25) is 0 Å². The number of thioether (sulfide) groups is 1. The molecule has 0 aliphatic rings. The first-order valence-electron chi connectivity index (χ1n) is 6.82. The molecule has 0 aromatic carbocycles. The Balaban J connectivity index is 2.13. The van der Waals surface area contributed by atoms with Crippen molar-refractivity contribution in [2.24, 2.45) is 7.05 Å². The van der Waals surface area contributed by atoms with Crippen LogP contribution in [0.25, 0.3) is 10.2 Å². The number of fused-ring (bicyclic) bond motifs is 1. The maximum Gasteiger partial charge on any atom is 0.319 e. The minimum absolute atomic E-state index is 0.0877. The van der Waals surface area contributed by atoms with E-state index in [-0.39, 0.29) is 11.5 Å². The fraction of sp³-hybridized carbons (Fsp3) is 0.500. The second-order valence-electron chi connectivity index (χ2n) is 4.68. The second kappa shape index (κ2) is 7.09. The van der Waals surface area contributed by atoms with Crippen LogP contribution < -0.4 is 5.56 Å². The highest BCUT2D eigenvalue weighted by Gasteiger charge is 2.19. The van der Waals surface area contributed by atoms with E-state index in [1.54, 1.807) is 20.0 Å². The zero-order chi connectivity index (χ0) is 15.4. The van der Waals surface area contributed by atoms with Crippen molar-refractivity contribution < 1.29 is 9.53 Å². The predicted octanol–water partition coefficient (Wildman–Crippen LogP) is 2.82. The van der Waals surface area contributed by atoms with Gasteiger partial charge in [0.05, 0.1) is 12.0 Å². The molecule has 0 saturated heterocycles. The molecule has 0 aliphatic carbocycles. The molecule has 2 rings (SSSR count). The van der Waals surface area contributed by atoms with Crippen molar-refractivity contribution in [3.05, 3.63) is 21.8 Å². The number of hydrogen-bond acceptors (Lipinski definition) is 6. The van der Waals surface area contributed by atoms with E-state index in [1.165, 1.54) is 27.7 Å². The highest BCUT2D eigenvalue weighted by Crippen LogP contribution is 2.24. The van der Waals surface area contributed by atoms with Crippen molar-refractivity contribution in [2.45, 2.75) is 37.1 Å². The van der Waals surface area contributed by atoms with Gasteiger partial charge in [-0.25, -0.2) is 4.98 Å². The summed E-state index contributed by atoms with van der Waals surface area (Å²) in [6, 6.07) is 1.77. The van der Waals surface area contributed by atoms with Crippen molar-refractivity contribution in [3.63, 3.8) is 0 Å². The molecule has 0 N–H and O–H groups in total. The van der Waals surface area contributed by atoms with Crippen LogP contribution in [0.3, 0.4) is 0 Å². The second-order valence-corrected chi connectivity index (χ2v) is 6.88. The van der Waals surface area contributed by atoms with Crippen LogP contribution in [0.15, 0.2) is 21.4 Å². The molecule has 0 amide bonds. The topological polar surface area (TPSA) is 61.2 Å². The number of aromatic nitrogens is 2. The van der Waals surface area contributed by atoms with Gasteiger partial charge in [-0.15, -0.1) is 11.3 Å². The molecule has 0 fully saturated rings. The summed E-state index contributed by atoms with van der Waals surface area (Å²) < 4.78 is 6.67. The number of unbranched alkanes of at least 4 members (excludes halogenated alkanes) is 1. The highest BCUT2D eigenvalue weighted by molar-refractivity contribution is 8.00. The molecule has 5 nitrogen and oxygen atoms in total. The number of rotatable bonds is 6. The summed E-state index contributed by atoms with van der Waals surface area (Å²) in [4.78, 5) is 29.2. The maximum atomic E-state index is 12.2. The standard InChI is InChI=1S/C14H18N2O3S2/c1-4-5-7-19-13(18)9(2)21-14-15-11-10(6-8-20-11)12(17)16(14)3/h6,8-9H,4-5,7H2,1-3H3. The fourth-order valence-electron chi connectivity index (χ4n) is 1.73. The summed E-state index contributed by atoms with van der Waals surface area (Å²) >= 11 is 2.68. The SMILES string of the molecule is CCCCOC(=O)C(C)Sc1nc2sccc2c(=O)n1C. The Labute approximate surface area is 131 Å². The molecule has 2 aromatic heterocycles. The molecule has 114 valence electrons. The molecule has 0 bridgehead atoms. The van der Waals surface area contributed by atoms with Crippen LogP contribution in [-0.4, -0.2) is 27.4 Å². The van der Waals surface area contributed by atoms with Gasteiger partial charge in [0, 0.05) is 7.05 Å². The van der Waals surface area contributed by atoms with E-state index in [9.17, 15) is 9.59 Å². The number of carbonyl (C=O) groups is 1. The first kappa shape index (κ1) is 16.0. The zero-order valence-corrected chi connectivity index (χ0v) is 13.9. The van der Waals surface area contributed by atoms with Gasteiger partial charge in [-0.3, -0.25) is 14.2 Å². The summed E-state index contributed by atoms with van der Waals surface area (Å²) in [6.45, 7) is 4.25. The number of thiophene rings is 1. The Morgan fingerprint density at radius 2 is 2.33 bits per heavy atom. The van der Waals surface area contributed by atoms with E-state index in [2.05, 4.69) is 4.98 Å². The molecule has 2 heterocycles. The van der Waals surface area contributed by atoms with E-state index in [0.717, 1.165) is 12.8 Å². The molecule has 0 spiro atoms. The summed E-state index contributed by atoms with van der Waals surface area (Å²) in [5.74, 6) is -0.269. The lowest BCUT2D eigenvalue weighted by Gasteiger charge is -2.12. The Hall–Kier alpha value is -1.34. The Morgan fingerprint density at radius 3 is 3.05 bits per heavy atom. The number of ether oxygens (including phenoxy) is 1. The Bertz CT molecular complexity index is 693. The van der Waals surface area contributed by atoms with Crippen molar-refractivity contribution in [1.82, 2.24) is 9.55 Å². The first-order chi connectivity index (χ1) is 10.0. The lowest BCUT2D eigenvalue weighted by Crippen LogP contribution is -2.23. The van der Waals surface area contributed by atoms with Crippen LogP contribution in [0.5, 0.6) is 0 Å². The maximum absolute atomic E-state index is 12.2. The van der Waals surface area contributed by atoms with Crippen molar-refractivity contribution in [2.75, 3.05) is 6.61 Å². The summed E-state index contributed by atoms with van der Waals surface area (Å²) in [5.41, 5.74) is -0.0877. The molecule has 1 atom stereocenters. The van der Waals surface area contributed by atoms with E-state index >= 15 is 0 Å². The third-order valence-electron chi connectivity index (χ3n) is 3.02. The van der Waals surface area contributed by atoms with Gasteiger partial charge in [0.15, 0.2) is 5.16 Å². The third kappa shape index (κ3) is 3.65. The van der Waals surface area contributed by atoms with Crippen LogP contribution in [0.2, 0.25) is 0 Å². The predicted molar refractivity (Wildman–Crippen MR) is 86.0 cm³/mol. The number of carbonyl (C=O) groups excluding carboxylic acids is 1. The van der Waals surface area contributed by atoms with Crippen LogP contribution in [0, 0.1) is 0 Å². The molecule has 0 radical (unpaired) electrons. The molecule has 21 heavy (non-hydrogen) atoms. The Kier molecular flexibility index (Phi) is 5.41. The van der Waals surface area contributed by atoms with Gasteiger partial charge in [-0.2, -0.15) is 0 Å². The molecule has 1 unspecified atom stereocenters. The van der Waals surface area contributed by atoms with Crippen LogP contribution in [0.4, 0.5) is 0 Å². The molecule has 0 aliphatic heterocycles. The van der Waals surface area contributed by atoms with E-state index in [0.29, 0.717) is 22.0 Å². The largest absolute Gasteiger partial charge is 0.465 e. The van der Waals surface area contributed by atoms with Gasteiger partial charge in [0.1, 0.15) is 10.1 Å². The highest BCUT2D eigenvalue weighted by atomic mass is 32.2. The van der Waals surface area contributed by atoms with Gasteiger partial charge in [-0.05, 0) is 24.8 Å². The molecular formula is C14H18N2O3S2. The van der Waals surface area contributed by atoms with Crippen molar-refractivity contribution >= 4 is 39.3 Å². The number of nitrogens with zero attached hydrogens (tertiary/aromatic N) is 2. The fourth-order valence-corrected chi connectivity index (χ4v) is 3.40. The zero-order valence-electron chi connectivity index (χ0n) is 12.3. The minimum Gasteiger partial charge on any atom is -0.465 e. The minimum atomic E-state index is -0.391. The number of esters is 1. The average molecular weight is 326 g/mol. The normalized spacial score (nSPS) is 12.5. The molecule has 0 saturated carbocycles. The van der Waals surface area contributed by atoms with Gasteiger partial charge in [0.25, 0.3) is 5.56 Å². The monoisotopic (exact) mass is 326 g/mol. The summed E-state index contributed by atoms with van der Waals surface area (Å²) in [7, 11) is 1.67. The van der Waals surface area contributed by atoms with Gasteiger partial charge >= 0.3 is 5.97 Å². The third-order valence-corrected chi connectivity index (χ3v) is 4.95. The van der Waals surface area contributed by atoms with Gasteiger partial charge in [-0.1, -0.05) is 25.1 Å².